The third-order valence-corrected chi connectivity index (χ3v) is 3.92. The van der Waals surface area contributed by atoms with Gasteiger partial charge < -0.3 is 9.47 Å². The molecule has 2 aliphatic heterocycles. The summed E-state index contributed by atoms with van der Waals surface area (Å²) in [5.41, 5.74) is 0.800. The van der Waals surface area contributed by atoms with Gasteiger partial charge in [0.2, 0.25) is 0 Å². The monoisotopic (exact) mass is 245 g/mol. The highest BCUT2D eigenvalue weighted by Crippen LogP contribution is 2.38. The Bertz CT molecular complexity index is 509. The van der Waals surface area contributed by atoms with Gasteiger partial charge >= 0.3 is 5.66 Å². The summed E-state index contributed by atoms with van der Waals surface area (Å²) in [6.07, 6.45) is 2.08. The van der Waals surface area contributed by atoms with Crippen LogP contribution < -0.4 is 9.47 Å². The van der Waals surface area contributed by atoms with Gasteiger partial charge in [0.1, 0.15) is 11.5 Å². The number of hydrogen-bond donors (Lipinski definition) is 0. The van der Waals surface area contributed by atoms with Crippen LogP contribution in [0.3, 0.4) is 0 Å². The summed E-state index contributed by atoms with van der Waals surface area (Å²) >= 11 is 0. The summed E-state index contributed by atoms with van der Waals surface area (Å²) < 4.78 is 11.1. The van der Waals surface area contributed by atoms with Crippen molar-refractivity contribution >= 4 is 0 Å². The summed E-state index contributed by atoms with van der Waals surface area (Å²) in [6.45, 7) is 7.98. The standard InChI is InChI=1S/C14H17N2O2/c1-15-14-6-3-7-16(14)9-11-8-12(17-2)4-5-13(11)18-10-14/h1,4-5,8H,3,6-7,9-10H2,2H3/q+1/t14-/m0/s1. The predicted molar refractivity (Wildman–Crippen MR) is 69.2 cm³/mol. The molecule has 18 heavy (non-hydrogen) atoms. The van der Waals surface area contributed by atoms with E-state index < -0.39 is 0 Å². The van der Waals surface area contributed by atoms with Crippen molar-refractivity contribution in [1.82, 2.24) is 4.90 Å². The number of fused-ring (bicyclic) bond motifs is 2. The normalized spacial score (nSPS) is 26.4. The van der Waals surface area contributed by atoms with Crippen molar-refractivity contribution in [3.63, 3.8) is 0 Å². The van der Waals surface area contributed by atoms with Gasteiger partial charge in [0.15, 0.2) is 6.61 Å². The van der Waals surface area contributed by atoms with Crippen LogP contribution in [0.2, 0.25) is 0 Å². The van der Waals surface area contributed by atoms with E-state index in [1.54, 1.807) is 7.11 Å². The molecule has 0 radical (unpaired) electrons. The number of rotatable bonds is 1. The first-order chi connectivity index (χ1) is 8.77. The maximum absolute atomic E-state index is 5.89. The molecule has 4 nitrogen and oxygen atoms in total. The van der Waals surface area contributed by atoms with Crippen LogP contribution in [-0.2, 0) is 6.54 Å². The van der Waals surface area contributed by atoms with E-state index in [0.717, 1.165) is 43.0 Å². The van der Waals surface area contributed by atoms with Crippen molar-refractivity contribution in [1.29, 1.82) is 0 Å². The lowest BCUT2D eigenvalue weighted by Crippen LogP contribution is -2.43. The van der Waals surface area contributed by atoms with Gasteiger partial charge in [0.05, 0.1) is 13.5 Å². The van der Waals surface area contributed by atoms with Crippen LogP contribution in [0.15, 0.2) is 18.2 Å². The molecule has 0 bridgehead atoms. The lowest BCUT2D eigenvalue weighted by atomic mass is 10.1. The van der Waals surface area contributed by atoms with Gasteiger partial charge in [-0.1, -0.05) is 4.85 Å². The van der Waals surface area contributed by atoms with Crippen LogP contribution >= 0.6 is 0 Å². The minimum absolute atomic E-state index is 0.341. The smallest absolute Gasteiger partial charge is 0.370 e. The molecule has 1 saturated heterocycles. The van der Waals surface area contributed by atoms with E-state index in [2.05, 4.69) is 9.74 Å². The average Bonchev–Trinajstić information content (AvgIpc) is 2.74. The molecule has 0 aliphatic carbocycles. The van der Waals surface area contributed by atoms with Crippen LogP contribution in [0.5, 0.6) is 11.5 Å². The molecule has 0 saturated carbocycles. The van der Waals surface area contributed by atoms with Crippen molar-refractivity contribution in [3.05, 3.63) is 28.6 Å². The van der Waals surface area contributed by atoms with Gasteiger partial charge in [-0.15, -0.1) is 0 Å². The topological polar surface area (TPSA) is 26.1 Å². The van der Waals surface area contributed by atoms with Crippen molar-refractivity contribution in [3.8, 4) is 18.1 Å². The van der Waals surface area contributed by atoms with Gasteiger partial charge in [0.25, 0.3) is 6.57 Å². The summed E-state index contributed by atoms with van der Waals surface area (Å²) in [7, 11) is 1.68. The molecule has 0 N–H and O–H groups in total. The fourth-order valence-electron chi connectivity index (χ4n) is 2.84. The molecule has 0 spiro atoms. The average molecular weight is 245 g/mol. The zero-order valence-electron chi connectivity index (χ0n) is 10.6. The molecule has 94 valence electrons. The molecule has 2 aliphatic rings. The number of methoxy groups -OCH3 is 1. The predicted octanol–water partition coefficient (Wildman–Crippen LogP) is 2.34. The van der Waals surface area contributed by atoms with Gasteiger partial charge in [-0.3, -0.25) is 0 Å². The molecule has 1 fully saturated rings. The van der Waals surface area contributed by atoms with Gasteiger partial charge in [0, 0.05) is 18.7 Å². The molecular weight excluding hydrogens is 228 g/mol. The van der Waals surface area contributed by atoms with E-state index in [-0.39, 0.29) is 5.66 Å². The second kappa shape index (κ2) is 4.18. The van der Waals surface area contributed by atoms with E-state index in [4.69, 9.17) is 16.0 Å². The molecule has 3 rings (SSSR count). The zero-order valence-corrected chi connectivity index (χ0v) is 10.6. The molecule has 1 aromatic rings. The lowest BCUT2D eigenvalue weighted by molar-refractivity contribution is 0.124. The second-order valence-electron chi connectivity index (χ2n) is 4.90. The molecule has 1 aromatic carbocycles. The maximum atomic E-state index is 5.89. The Balaban J connectivity index is 1.97. The fourth-order valence-corrected chi connectivity index (χ4v) is 2.84. The summed E-state index contributed by atoms with van der Waals surface area (Å²) in [4.78, 5) is 6.40. The molecular formula is C14H17N2O2+. The van der Waals surface area contributed by atoms with Crippen molar-refractivity contribution in [2.75, 3.05) is 20.3 Å². The highest BCUT2D eigenvalue weighted by molar-refractivity contribution is 5.41. The second-order valence-corrected chi connectivity index (χ2v) is 4.90. The zero-order chi connectivity index (χ0) is 12.6. The van der Waals surface area contributed by atoms with E-state index in [0.29, 0.717) is 6.61 Å². The third-order valence-electron chi connectivity index (χ3n) is 3.92. The summed E-state index contributed by atoms with van der Waals surface area (Å²) in [5.74, 6) is 1.77. The molecule has 4 heteroatoms. The number of nitrogens with zero attached hydrogens (tertiary/aromatic N) is 2. The molecule has 0 aromatic heterocycles. The first-order valence-electron chi connectivity index (χ1n) is 6.24. The first-order valence-corrected chi connectivity index (χ1v) is 6.24. The van der Waals surface area contributed by atoms with Crippen LogP contribution in [-0.4, -0.2) is 30.8 Å². The maximum Gasteiger partial charge on any atom is 0.370 e. The fraction of sp³-hybridized carbons (Fsp3) is 0.500. The van der Waals surface area contributed by atoms with E-state index in [1.165, 1.54) is 0 Å². The van der Waals surface area contributed by atoms with Gasteiger partial charge in [-0.05, 0) is 24.6 Å². The Labute approximate surface area is 107 Å². The highest BCUT2D eigenvalue weighted by Gasteiger charge is 2.53. The number of benzene rings is 1. The lowest BCUT2D eigenvalue weighted by Gasteiger charge is -2.20. The molecule has 0 unspecified atom stereocenters. The Morgan fingerprint density at radius 1 is 1.50 bits per heavy atom. The summed E-state index contributed by atoms with van der Waals surface area (Å²) in [5, 5.41) is 0. The third kappa shape index (κ3) is 1.63. The first kappa shape index (κ1) is 11.4. The van der Waals surface area contributed by atoms with Gasteiger partial charge in [-0.2, -0.15) is 0 Å². The van der Waals surface area contributed by atoms with Crippen LogP contribution in [0.25, 0.3) is 4.85 Å². The Morgan fingerprint density at radius 2 is 2.39 bits per heavy atom. The minimum atomic E-state index is -0.341. The number of hydrogen-bond acceptors (Lipinski definition) is 3. The molecule has 2 heterocycles. The number of ether oxygens (including phenoxy) is 2. The van der Waals surface area contributed by atoms with Crippen LogP contribution in [0, 0.1) is 6.57 Å². The SMILES string of the molecule is C#[N+][C@@]12CCCN1Cc1cc(OC)ccc1OC2. The molecule has 0 amide bonds. The van der Waals surface area contributed by atoms with Crippen LogP contribution in [0.4, 0.5) is 0 Å². The minimum Gasteiger partial charge on any atom is -0.497 e. The Kier molecular flexibility index (Phi) is 2.64. The Hall–Kier alpha value is -1.73. The van der Waals surface area contributed by atoms with Crippen molar-refractivity contribution < 1.29 is 9.47 Å². The highest BCUT2D eigenvalue weighted by atomic mass is 16.5. The van der Waals surface area contributed by atoms with Crippen molar-refractivity contribution in [2.45, 2.75) is 25.0 Å². The largest absolute Gasteiger partial charge is 0.497 e. The Morgan fingerprint density at radius 3 is 3.17 bits per heavy atom. The van der Waals surface area contributed by atoms with Crippen LogP contribution in [0.1, 0.15) is 18.4 Å². The van der Waals surface area contributed by atoms with Crippen molar-refractivity contribution in [2.24, 2.45) is 0 Å². The molecule has 1 atom stereocenters. The van der Waals surface area contributed by atoms with E-state index in [1.807, 2.05) is 18.2 Å². The van der Waals surface area contributed by atoms with E-state index in [9.17, 15) is 0 Å². The summed E-state index contributed by atoms with van der Waals surface area (Å²) in [6, 6.07) is 5.91. The van der Waals surface area contributed by atoms with E-state index >= 15 is 0 Å². The quantitative estimate of drug-likeness (QED) is 0.759. The van der Waals surface area contributed by atoms with Gasteiger partial charge in [-0.25, -0.2) is 4.90 Å².